The van der Waals surface area contributed by atoms with E-state index in [0.717, 1.165) is 37.2 Å². The number of aryl methyl sites for hydroxylation is 2. The van der Waals surface area contributed by atoms with E-state index in [1.54, 1.807) is 24.1 Å². The van der Waals surface area contributed by atoms with Crippen molar-refractivity contribution in [3.8, 4) is 0 Å². The zero-order valence-electron chi connectivity index (χ0n) is 16.2. The molecule has 0 radical (unpaired) electrons. The number of halogens is 1. The molecule has 1 N–H and O–H groups in total. The summed E-state index contributed by atoms with van der Waals surface area (Å²) in [5.41, 5.74) is 2.33. The van der Waals surface area contributed by atoms with Crippen LogP contribution in [-0.2, 0) is 6.54 Å². The van der Waals surface area contributed by atoms with E-state index in [2.05, 4.69) is 15.4 Å². The van der Waals surface area contributed by atoms with E-state index in [0.29, 0.717) is 24.4 Å². The number of hydrogen-bond donors (Lipinski definition) is 1. The fourth-order valence-corrected chi connectivity index (χ4v) is 3.59. The van der Waals surface area contributed by atoms with Gasteiger partial charge in [0.1, 0.15) is 11.6 Å². The number of aromatic nitrogens is 1. The first-order valence-electron chi connectivity index (χ1n) is 9.36. The van der Waals surface area contributed by atoms with Crippen molar-refractivity contribution in [2.75, 3.05) is 26.7 Å². The summed E-state index contributed by atoms with van der Waals surface area (Å²) in [4.78, 5) is 16.4. The highest BCUT2D eigenvalue weighted by Gasteiger charge is 2.26. The van der Waals surface area contributed by atoms with Gasteiger partial charge in [0.15, 0.2) is 0 Å². The van der Waals surface area contributed by atoms with Crippen molar-refractivity contribution in [3.05, 3.63) is 52.7 Å². The van der Waals surface area contributed by atoms with E-state index in [-0.39, 0.29) is 17.9 Å². The zero-order chi connectivity index (χ0) is 19.4. The maximum Gasteiger partial charge on any atom is 0.317 e. The Kier molecular flexibility index (Phi) is 6.11. The molecule has 0 bridgehead atoms. The maximum atomic E-state index is 14.3. The maximum absolute atomic E-state index is 14.3. The zero-order valence-corrected chi connectivity index (χ0v) is 16.2. The molecular formula is C20H27FN4O2. The summed E-state index contributed by atoms with van der Waals surface area (Å²) < 4.78 is 19.5. The number of benzene rings is 1. The number of hydrogen-bond acceptors (Lipinski definition) is 4. The summed E-state index contributed by atoms with van der Waals surface area (Å²) in [6, 6.07) is 6.45. The van der Waals surface area contributed by atoms with Crippen LogP contribution in [0.15, 0.2) is 28.8 Å². The van der Waals surface area contributed by atoms with Crippen LogP contribution in [0.1, 0.15) is 41.5 Å². The quantitative estimate of drug-likeness (QED) is 0.842. The molecule has 1 saturated heterocycles. The first kappa shape index (κ1) is 19.4. The summed E-state index contributed by atoms with van der Waals surface area (Å²) in [6.45, 7) is 6.32. The fraction of sp³-hybridized carbons (Fsp3) is 0.500. The van der Waals surface area contributed by atoms with Gasteiger partial charge in [0.2, 0.25) is 0 Å². The van der Waals surface area contributed by atoms with Gasteiger partial charge in [0, 0.05) is 24.7 Å². The molecule has 2 amide bonds. The Balaban J connectivity index is 1.66. The summed E-state index contributed by atoms with van der Waals surface area (Å²) >= 11 is 0. The van der Waals surface area contributed by atoms with E-state index in [9.17, 15) is 9.18 Å². The van der Waals surface area contributed by atoms with Gasteiger partial charge >= 0.3 is 6.03 Å². The second kappa shape index (κ2) is 8.52. The molecule has 27 heavy (non-hydrogen) atoms. The fourth-order valence-electron chi connectivity index (χ4n) is 3.59. The number of rotatable bonds is 6. The molecule has 2 heterocycles. The average Bonchev–Trinajstić information content (AvgIpc) is 3.29. The summed E-state index contributed by atoms with van der Waals surface area (Å²) in [7, 11) is 1.73. The SMILES string of the molecule is Cc1noc(C)c1CN(C)C(=O)NC[C@@H](c1ccccc1F)N1CCCC1. The highest BCUT2D eigenvalue weighted by atomic mass is 19.1. The summed E-state index contributed by atoms with van der Waals surface area (Å²) in [5.74, 6) is 0.487. The molecule has 1 aliphatic heterocycles. The monoisotopic (exact) mass is 374 g/mol. The minimum atomic E-state index is -0.229. The Morgan fingerprint density at radius 2 is 2.04 bits per heavy atom. The first-order chi connectivity index (χ1) is 13.0. The predicted octanol–water partition coefficient (Wildman–Crippen LogP) is 3.41. The van der Waals surface area contributed by atoms with Crippen LogP contribution in [-0.4, -0.2) is 47.7 Å². The third-order valence-corrected chi connectivity index (χ3v) is 5.22. The number of nitrogens with zero attached hydrogens (tertiary/aromatic N) is 3. The van der Waals surface area contributed by atoms with E-state index in [4.69, 9.17) is 4.52 Å². The second-order valence-electron chi connectivity index (χ2n) is 7.13. The highest BCUT2D eigenvalue weighted by molar-refractivity contribution is 5.74. The van der Waals surface area contributed by atoms with Crippen molar-refractivity contribution < 1.29 is 13.7 Å². The number of carbonyl (C=O) groups excluding carboxylic acids is 1. The predicted molar refractivity (Wildman–Crippen MR) is 101 cm³/mol. The lowest BCUT2D eigenvalue weighted by Crippen LogP contribution is -2.42. The van der Waals surface area contributed by atoms with Gasteiger partial charge in [0.25, 0.3) is 0 Å². The molecule has 7 heteroatoms. The number of amides is 2. The molecule has 1 atom stereocenters. The molecule has 146 valence electrons. The van der Waals surface area contributed by atoms with Gasteiger partial charge in [0.05, 0.1) is 18.3 Å². The lowest BCUT2D eigenvalue weighted by Gasteiger charge is -2.29. The Morgan fingerprint density at radius 1 is 1.33 bits per heavy atom. The van der Waals surface area contributed by atoms with Gasteiger partial charge in [-0.3, -0.25) is 4.90 Å². The lowest BCUT2D eigenvalue weighted by molar-refractivity contribution is 0.194. The van der Waals surface area contributed by atoms with Crippen molar-refractivity contribution in [2.45, 2.75) is 39.3 Å². The van der Waals surface area contributed by atoms with Gasteiger partial charge < -0.3 is 14.7 Å². The van der Waals surface area contributed by atoms with E-state index < -0.39 is 0 Å². The van der Waals surface area contributed by atoms with Crippen molar-refractivity contribution in [1.82, 2.24) is 20.3 Å². The molecular weight excluding hydrogens is 347 g/mol. The van der Waals surface area contributed by atoms with Crippen LogP contribution in [0.4, 0.5) is 9.18 Å². The largest absolute Gasteiger partial charge is 0.361 e. The average molecular weight is 374 g/mol. The van der Waals surface area contributed by atoms with Crippen LogP contribution in [0.2, 0.25) is 0 Å². The van der Waals surface area contributed by atoms with Crippen LogP contribution in [0.25, 0.3) is 0 Å². The van der Waals surface area contributed by atoms with Crippen LogP contribution >= 0.6 is 0 Å². The van der Waals surface area contributed by atoms with Crippen molar-refractivity contribution in [3.63, 3.8) is 0 Å². The van der Waals surface area contributed by atoms with E-state index in [1.165, 1.54) is 6.07 Å². The van der Waals surface area contributed by atoms with Crippen molar-refractivity contribution in [2.24, 2.45) is 0 Å². The molecule has 1 aromatic carbocycles. The number of urea groups is 1. The molecule has 0 spiro atoms. The highest BCUT2D eigenvalue weighted by Crippen LogP contribution is 2.26. The third kappa shape index (κ3) is 4.47. The molecule has 0 unspecified atom stereocenters. The van der Waals surface area contributed by atoms with Gasteiger partial charge in [-0.15, -0.1) is 0 Å². The number of carbonyl (C=O) groups is 1. The Bertz CT molecular complexity index is 767. The molecule has 1 aromatic heterocycles. The van der Waals surface area contributed by atoms with Crippen LogP contribution in [0, 0.1) is 19.7 Å². The molecule has 0 aliphatic carbocycles. The molecule has 3 rings (SSSR count). The Labute approximate surface area is 159 Å². The first-order valence-corrected chi connectivity index (χ1v) is 9.36. The Hall–Kier alpha value is -2.41. The number of nitrogens with one attached hydrogen (secondary N) is 1. The third-order valence-electron chi connectivity index (χ3n) is 5.22. The molecule has 2 aromatic rings. The van der Waals surface area contributed by atoms with E-state index >= 15 is 0 Å². The smallest absolute Gasteiger partial charge is 0.317 e. The van der Waals surface area contributed by atoms with Crippen molar-refractivity contribution >= 4 is 6.03 Å². The lowest BCUT2D eigenvalue weighted by atomic mass is 10.0. The topological polar surface area (TPSA) is 61.6 Å². The van der Waals surface area contributed by atoms with Gasteiger partial charge in [-0.05, 0) is 45.8 Å². The Morgan fingerprint density at radius 3 is 2.67 bits per heavy atom. The van der Waals surface area contributed by atoms with Crippen LogP contribution < -0.4 is 5.32 Å². The van der Waals surface area contributed by atoms with E-state index in [1.807, 2.05) is 19.9 Å². The second-order valence-corrected chi connectivity index (χ2v) is 7.13. The molecule has 1 fully saturated rings. The van der Waals surface area contributed by atoms with Gasteiger partial charge in [-0.25, -0.2) is 9.18 Å². The summed E-state index contributed by atoms with van der Waals surface area (Å²) in [5, 5.41) is 6.89. The number of likely N-dealkylation sites (tertiary alicyclic amines) is 1. The van der Waals surface area contributed by atoms with Gasteiger partial charge in [-0.2, -0.15) is 0 Å². The summed E-state index contributed by atoms with van der Waals surface area (Å²) in [6.07, 6.45) is 2.20. The van der Waals surface area contributed by atoms with Gasteiger partial charge in [-0.1, -0.05) is 23.4 Å². The molecule has 1 aliphatic rings. The minimum absolute atomic E-state index is 0.162. The standard InChI is InChI=1S/C20H27FN4O2/c1-14-17(15(2)27-23-14)13-24(3)20(26)22-12-19(25-10-6-7-11-25)16-8-4-5-9-18(16)21/h4-5,8-9,19H,6-7,10-13H2,1-3H3,(H,22,26)/t19-/m0/s1. The molecule has 0 saturated carbocycles. The van der Waals surface area contributed by atoms with Crippen LogP contribution in [0.5, 0.6) is 0 Å². The van der Waals surface area contributed by atoms with Crippen LogP contribution in [0.3, 0.4) is 0 Å². The van der Waals surface area contributed by atoms with Crippen molar-refractivity contribution in [1.29, 1.82) is 0 Å². The molecule has 6 nitrogen and oxygen atoms in total. The normalized spacial score (nSPS) is 15.7. The minimum Gasteiger partial charge on any atom is -0.361 e.